The van der Waals surface area contributed by atoms with Crippen LogP contribution in [0.5, 0.6) is 0 Å². The van der Waals surface area contributed by atoms with E-state index in [-0.39, 0.29) is 42.3 Å². The molecule has 5 nitrogen and oxygen atoms in total. The molecule has 4 rings (SSSR count). The summed E-state index contributed by atoms with van der Waals surface area (Å²) in [6, 6.07) is 0. The smallest absolute Gasteiger partial charge is 0.311 e. The molecule has 4 aliphatic carbocycles. The van der Waals surface area contributed by atoms with Crippen molar-refractivity contribution in [2.45, 2.75) is 119 Å². The normalized spacial score (nSPS) is 34.6. The fraction of sp³-hybridized carbons (Fsp3) is 0.931. The summed E-state index contributed by atoms with van der Waals surface area (Å²) >= 11 is 0. The van der Waals surface area contributed by atoms with Crippen molar-refractivity contribution in [1.82, 2.24) is 0 Å². The molecule has 0 aliphatic heterocycles. The highest BCUT2D eigenvalue weighted by Gasteiger charge is 2.66. The monoisotopic (exact) mass is 480 g/mol. The first-order chi connectivity index (χ1) is 16.2. The molecule has 0 radical (unpaired) electrons. The summed E-state index contributed by atoms with van der Waals surface area (Å²) in [5.41, 5.74) is -0.0465. The molecule has 4 aliphatic rings. The molecule has 0 saturated heterocycles. The average Bonchev–Trinajstić information content (AvgIpc) is 3.57. The van der Waals surface area contributed by atoms with Crippen LogP contribution in [0, 0.1) is 46.8 Å². The van der Waals surface area contributed by atoms with Crippen LogP contribution in [0.15, 0.2) is 0 Å². The minimum absolute atomic E-state index is 0.00632. The predicted octanol–water partition coefficient (Wildman–Crippen LogP) is 7.02. The van der Waals surface area contributed by atoms with Gasteiger partial charge in [0.05, 0.1) is 18.4 Å². The van der Waals surface area contributed by atoms with Gasteiger partial charge in [-0.1, -0.05) is 62.3 Å². The summed E-state index contributed by atoms with van der Waals surface area (Å²) in [7, 11) is 0. The molecular formula is C29H52O5. The minimum Gasteiger partial charge on any atom is -0.462 e. The maximum Gasteiger partial charge on any atom is 0.311 e. The van der Waals surface area contributed by atoms with E-state index in [1.54, 1.807) is 0 Å². The third-order valence-corrected chi connectivity index (χ3v) is 8.43. The summed E-state index contributed by atoms with van der Waals surface area (Å²) in [4.78, 5) is 25.2. The second-order valence-corrected chi connectivity index (χ2v) is 11.5. The lowest BCUT2D eigenvalue weighted by atomic mass is 9.67. The first-order valence-electron chi connectivity index (χ1n) is 14.2. The van der Waals surface area contributed by atoms with Crippen LogP contribution in [0.25, 0.3) is 0 Å². The lowest BCUT2D eigenvalue weighted by Gasteiger charge is -2.40. The van der Waals surface area contributed by atoms with Gasteiger partial charge in [0.15, 0.2) is 6.79 Å². The van der Waals surface area contributed by atoms with Crippen molar-refractivity contribution < 1.29 is 23.8 Å². The van der Waals surface area contributed by atoms with Crippen LogP contribution in [-0.2, 0) is 23.8 Å². The lowest BCUT2D eigenvalue weighted by Crippen LogP contribution is -2.42. The Bertz CT molecular complexity index is 649. The van der Waals surface area contributed by atoms with Crippen molar-refractivity contribution >= 4 is 11.9 Å². The Labute approximate surface area is 209 Å². The molecule has 0 aromatic heterocycles. The summed E-state index contributed by atoms with van der Waals surface area (Å²) in [6.45, 7) is 18.5. The van der Waals surface area contributed by atoms with Crippen molar-refractivity contribution in [1.29, 1.82) is 0 Å². The van der Waals surface area contributed by atoms with Crippen LogP contribution in [0.1, 0.15) is 107 Å². The Kier molecular flexibility index (Phi) is 10.9. The summed E-state index contributed by atoms with van der Waals surface area (Å²) < 4.78 is 17.2. The van der Waals surface area contributed by atoms with Crippen LogP contribution in [0.3, 0.4) is 0 Å². The Morgan fingerprint density at radius 3 is 2.03 bits per heavy atom. The highest BCUT2D eigenvalue weighted by atomic mass is 16.7. The largest absolute Gasteiger partial charge is 0.462 e. The van der Waals surface area contributed by atoms with Crippen molar-refractivity contribution in [2.24, 2.45) is 46.8 Å². The standard InChI is InChI=1S/C25H40O5.2C2H6/c1-6-16(7-2)28-13-29-24(27)18-9-14-8-17(18)23-19-10-15(22(14)23)11-20(19)30-21(26)12-25(3,4)5;2*1-2/h14-20,22-23H,6-13H2,1-5H3;2*1-2H3. The summed E-state index contributed by atoms with van der Waals surface area (Å²) in [5.74, 6) is 3.32. The average molecular weight is 481 g/mol. The van der Waals surface area contributed by atoms with Gasteiger partial charge in [-0.25, -0.2) is 0 Å². The van der Waals surface area contributed by atoms with E-state index in [1.165, 1.54) is 6.42 Å². The molecule has 0 heterocycles. The van der Waals surface area contributed by atoms with Gasteiger partial charge in [-0.2, -0.15) is 0 Å². The van der Waals surface area contributed by atoms with E-state index in [2.05, 4.69) is 34.6 Å². The number of esters is 2. The van der Waals surface area contributed by atoms with Gasteiger partial charge in [-0.3, -0.25) is 9.59 Å². The predicted molar refractivity (Wildman–Crippen MR) is 136 cm³/mol. The van der Waals surface area contributed by atoms with E-state index < -0.39 is 0 Å². The first-order valence-corrected chi connectivity index (χ1v) is 14.2. The second-order valence-electron chi connectivity index (χ2n) is 11.5. The quantitative estimate of drug-likeness (QED) is 0.212. The SMILES string of the molecule is CC.CC.CCC(CC)OCOC(=O)C1CC2CC1C1C3CC(CC3OC(=O)CC(C)(C)C)C21. The molecule has 4 fully saturated rings. The number of carbonyl (C=O) groups excluding carboxylic acids is 2. The minimum atomic E-state index is -0.0732. The Hall–Kier alpha value is -1.10. The third kappa shape index (κ3) is 6.36. The molecule has 198 valence electrons. The molecule has 34 heavy (non-hydrogen) atoms. The highest BCUT2D eigenvalue weighted by Crippen LogP contribution is 2.69. The van der Waals surface area contributed by atoms with E-state index in [0.717, 1.165) is 38.0 Å². The van der Waals surface area contributed by atoms with Gasteiger partial charge in [0.1, 0.15) is 6.10 Å². The van der Waals surface area contributed by atoms with E-state index in [0.29, 0.717) is 36.0 Å². The summed E-state index contributed by atoms with van der Waals surface area (Å²) in [5, 5.41) is 0. The number of carbonyl (C=O) groups is 2. The zero-order valence-corrected chi connectivity index (χ0v) is 23.4. The third-order valence-electron chi connectivity index (χ3n) is 8.43. The number of rotatable bonds is 8. The van der Waals surface area contributed by atoms with Gasteiger partial charge in [-0.15, -0.1) is 0 Å². The van der Waals surface area contributed by atoms with E-state index in [1.807, 2.05) is 27.7 Å². The number of hydrogen-bond donors (Lipinski definition) is 0. The highest BCUT2D eigenvalue weighted by molar-refractivity contribution is 5.73. The Balaban J connectivity index is 0.000000970. The van der Waals surface area contributed by atoms with Crippen LogP contribution in [-0.4, -0.2) is 30.9 Å². The van der Waals surface area contributed by atoms with Crippen molar-refractivity contribution in [3.63, 3.8) is 0 Å². The molecule has 0 aromatic carbocycles. The number of fused-ring (bicyclic) bond motifs is 9. The molecular weight excluding hydrogens is 428 g/mol. The molecule has 8 unspecified atom stereocenters. The van der Waals surface area contributed by atoms with Gasteiger partial charge >= 0.3 is 11.9 Å². The van der Waals surface area contributed by atoms with E-state index in [4.69, 9.17) is 14.2 Å². The Morgan fingerprint density at radius 1 is 0.853 bits per heavy atom. The van der Waals surface area contributed by atoms with Crippen molar-refractivity contribution in [3.05, 3.63) is 0 Å². The zero-order chi connectivity index (χ0) is 25.6. The van der Waals surface area contributed by atoms with Gasteiger partial charge in [0.2, 0.25) is 0 Å². The van der Waals surface area contributed by atoms with Crippen LogP contribution in [0.2, 0.25) is 0 Å². The maximum absolute atomic E-state index is 12.8. The zero-order valence-electron chi connectivity index (χ0n) is 23.4. The van der Waals surface area contributed by atoms with E-state index >= 15 is 0 Å². The van der Waals surface area contributed by atoms with Gasteiger partial charge in [0, 0.05) is 0 Å². The molecule has 0 amide bonds. The molecule has 0 aromatic rings. The molecule has 4 bridgehead atoms. The second kappa shape index (κ2) is 12.7. The van der Waals surface area contributed by atoms with Crippen molar-refractivity contribution in [2.75, 3.05) is 6.79 Å². The topological polar surface area (TPSA) is 61.8 Å². The number of ether oxygens (including phenoxy) is 3. The maximum atomic E-state index is 12.8. The van der Waals surface area contributed by atoms with Crippen LogP contribution >= 0.6 is 0 Å². The molecule has 8 atom stereocenters. The lowest BCUT2D eigenvalue weighted by molar-refractivity contribution is -0.171. The molecule has 0 N–H and O–H groups in total. The van der Waals surface area contributed by atoms with Gasteiger partial charge in [-0.05, 0) is 79.4 Å². The molecule has 0 spiro atoms. The molecule has 5 heteroatoms. The van der Waals surface area contributed by atoms with E-state index in [9.17, 15) is 9.59 Å². The van der Waals surface area contributed by atoms with Crippen LogP contribution in [0.4, 0.5) is 0 Å². The van der Waals surface area contributed by atoms with Gasteiger partial charge < -0.3 is 14.2 Å². The Morgan fingerprint density at radius 2 is 1.44 bits per heavy atom. The fourth-order valence-corrected chi connectivity index (χ4v) is 7.41. The fourth-order valence-electron chi connectivity index (χ4n) is 7.41. The van der Waals surface area contributed by atoms with Gasteiger partial charge in [0.25, 0.3) is 0 Å². The first kappa shape index (κ1) is 29.1. The summed E-state index contributed by atoms with van der Waals surface area (Å²) in [6.07, 6.45) is 6.89. The number of hydrogen-bond acceptors (Lipinski definition) is 5. The van der Waals surface area contributed by atoms with Crippen LogP contribution < -0.4 is 0 Å². The molecule has 4 saturated carbocycles. The van der Waals surface area contributed by atoms with Crippen molar-refractivity contribution in [3.8, 4) is 0 Å².